The van der Waals surface area contributed by atoms with Crippen molar-refractivity contribution in [3.63, 3.8) is 0 Å². The van der Waals surface area contributed by atoms with Crippen molar-refractivity contribution in [1.29, 1.82) is 0 Å². The normalized spacial score (nSPS) is 14.9. The maximum atomic E-state index is 13.8. The predicted octanol–water partition coefficient (Wildman–Crippen LogP) is 6.97. The first-order valence-electron chi connectivity index (χ1n) is 13.6. The van der Waals surface area contributed by atoms with Gasteiger partial charge < -0.3 is 23.7 Å². The summed E-state index contributed by atoms with van der Waals surface area (Å²) in [4.78, 5) is 33.5. The first kappa shape index (κ1) is 28.0. The fourth-order valence-electron chi connectivity index (χ4n) is 4.98. The van der Waals surface area contributed by atoms with Crippen molar-refractivity contribution in [2.75, 3.05) is 18.6 Å². The molecule has 0 radical (unpaired) electrons. The van der Waals surface area contributed by atoms with E-state index in [2.05, 4.69) is 4.98 Å². The third-order valence-corrected chi connectivity index (χ3v) is 8.05. The van der Waals surface area contributed by atoms with Gasteiger partial charge in [-0.05, 0) is 67.4 Å². The van der Waals surface area contributed by atoms with E-state index in [9.17, 15) is 14.7 Å². The monoisotopic (exact) mass is 596 g/mol. The van der Waals surface area contributed by atoms with E-state index in [1.165, 1.54) is 22.3 Å². The van der Waals surface area contributed by atoms with Crippen LogP contribution in [0.15, 0.2) is 94.6 Å². The first-order chi connectivity index (χ1) is 20.9. The van der Waals surface area contributed by atoms with Gasteiger partial charge in [0.15, 0.2) is 28.1 Å². The van der Waals surface area contributed by atoms with Gasteiger partial charge in [0.1, 0.15) is 18.1 Å². The number of aromatic nitrogens is 1. The Bertz CT molecular complexity index is 1860. The summed E-state index contributed by atoms with van der Waals surface area (Å²) in [5.74, 6) is 0.110. The minimum atomic E-state index is -1.02. The summed E-state index contributed by atoms with van der Waals surface area (Å²) >= 11 is 1.25. The van der Waals surface area contributed by atoms with Crippen LogP contribution in [0.5, 0.6) is 17.2 Å². The van der Waals surface area contributed by atoms with Crippen LogP contribution in [0.2, 0.25) is 0 Å². The maximum absolute atomic E-state index is 13.8. The molecule has 3 heterocycles. The molecule has 0 fully saturated rings. The quantitative estimate of drug-likeness (QED) is 0.172. The van der Waals surface area contributed by atoms with Crippen LogP contribution in [0.1, 0.15) is 40.4 Å². The molecule has 218 valence electrons. The van der Waals surface area contributed by atoms with E-state index in [1.54, 1.807) is 50.4 Å². The molecule has 10 heteroatoms. The summed E-state index contributed by atoms with van der Waals surface area (Å²) in [5, 5.41) is 11.5. The Morgan fingerprint density at radius 3 is 2.56 bits per heavy atom. The number of furan rings is 1. The summed E-state index contributed by atoms with van der Waals surface area (Å²) in [7, 11) is 1.57. The highest BCUT2D eigenvalue weighted by molar-refractivity contribution is 7.22. The SMILES string of the molecule is CCOc1cc(C2C(C(=O)c3ccc(C)o3)=C(O)C(=O)N2c2nc3ccc(OC)cc3s2)ccc1OCc1ccccc1. The zero-order valence-corrected chi connectivity index (χ0v) is 24.5. The summed E-state index contributed by atoms with van der Waals surface area (Å²) < 4.78 is 23.8. The lowest BCUT2D eigenvalue weighted by Gasteiger charge is -2.25. The molecule has 0 saturated heterocycles. The second-order valence-corrected chi connectivity index (χ2v) is 10.8. The lowest BCUT2D eigenvalue weighted by atomic mass is 9.95. The van der Waals surface area contributed by atoms with Crippen LogP contribution < -0.4 is 19.1 Å². The summed E-state index contributed by atoms with van der Waals surface area (Å²) in [6.07, 6.45) is 0. The number of ketones is 1. The standard InChI is InChI=1S/C33H28N2O7S/c1-4-40-26-16-21(11-15-24(26)41-18-20-8-6-5-7-9-20)29-28(30(36)25-14-10-19(2)42-25)31(37)32(38)35(29)33-34-23-13-12-22(39-3)17-27(23)43-33/h5-17,29,37H,4,18H2,1-3H3. The Morgan fingerprint density at radius 1 is 1.02 bits per heavy atom. The Morgan fingerprint density at radius 2 is 1.84 bits per heavy atom. The predicted molar refractivity (Wildman–Crippen MR) is 162 cm³/mol. The third kappa shape index (κ3) is 5.32. The Balaban J connectivity index is 1.45. The Hall–Kier alpha value is -5.09. The van der Waals surface area contributed by atoms with Crippen LogP contribution in [-0.4, -0.2) is 35.5 Å². The third-order valence-electron chi connectivity index (χ3n) is 7.03. The number of carbonyl (C=O) groups excluding carboxylic acids is 2. The van der Waals surface area contributed by atoms with Gasteiger partial charge in [0.05, 0.1) is 35.5 Å². The highest BCUT2D eigenvalue weighted by Gasteiger charge is 2.46. The van der Waals surface area contributed by atoms with Crippen LogP contribution in [0.25, 0.3) is 10.2 Å². The number of anilines is 1. The topological polar surface area (TPSA) is 111 Å². The lowest BCUT2D eigenvalue weighted by Crippen LogP contribution is -2.31. The van der Waals surface area contributed by atoms with Crippen LogP contribution in [0, 0.1) is 6.92 Å². The van der Waals surface area contributed by atoms with Crippen LogP contribution in [-0.2, 0) is 11.4 Å². The number of amides is 1. The second-order valence-electron chi connectivity index (χ2n) is 9.82. The van der Waals surface area contributed by atoms with Gasteiger partial charge in [-0.3, -0.25) is 14.5 Å². The number of rotatable bonds is 10. The Labute approximate surface area is 251 Å². The summed E-state index contributed by atoms with van der Waals surface area (Å²) in [6.45, 7) is 4.25. The number of aliphatic hydroxyl groups is 1. The average molecular weight is 597 g/mol. The van der Waals surface area contributed by atoms with Gasteiger partial charge in [0, 0.05) is 0 Å². The van der Waals surface area contributed by atoms with Crippen molar-refractivity contribution in [2.45, 2.75) is 26.5 Å². The number of aryl methyl sites for hydroxylation is 1. The first-order valence-corrected chi connectivity index (χ1v) is 14.5. The fraction of sp³-hybridized carbons (Fsp3) is 0.182. The summed E-state index contributed by atoms with van der Waals surface area (Å²) in [5.41, 5.74) is 2.05. The van der Waals surface area contributed by atoms with Crippen molar-refractivity contribution in [3.8, 4) is 17.2 Å². The fourth-order valence-corrected chi connectivity index (χ4v) is 6.00. The zero-order chi connectivity index (χ0) is 30.1. The van der Waals surface area contributed by atoms with E-state index in [0.717, 1.165) is 10.3 Å². The van der Waals surface area contributed by atoms with Crippen molar-refractivity contribution in [3.05, 3.63) is 113 Å². The number of hydrogen-bond donors (Lipinski definition) is 1. The molecule has 5 aromatic rings. The summed E-state index contributed by atoms with van der Waals surface area (Å²) in [6, 6.07) is 22.5. The van der Waals surface area contributed by atoms with E-state index in [0.29, 0.717) is 52.4 Å². The van der Waals surface area contributed by atoms with E-state index in [-0.39, 0.29) is 11.3 Å². The molecular formula is C33H28N2O7S. The molecule has 2 aromatic heterocycles. The highest BCUT2D eigenvalue weighted by Crippen LogP contribution is 2.46. The number of carbonyl (C=O) groups is 2. The molecule has 0 saturated carbocycles. The molecular weight excluding hydrogens is 568 g/mol. The zero-order valence-electron chi connectivity index (χ0n) is 23.7. The minimum Gasteiger partial charge on any atom is -0.503 e. The number of aliphatic hydroxyl groups excluding tert-OH is 1. The van der Waals surface area contributed by atoms with Gasteiger partial charge in [0.2, 0.25) is 5.78 Å². The number of ether oxygens (including phenoxy) is 3. The molecule has 0 bridgehead atoms. The maximum Gasteiger partial charge on any atom is 0.296 e. The molecule has 6 rings (SSSR count). The molecule has 0 aliphatic carbocycles. The molecule has 3 aromatic carbocycles. The molecule has 1 unspecified atom stereocenters. The number of hydrogen-bond acceptors (Lipinski definition) is 9. The average Bonchev–Trinajstić information content (AvgIpc) is 3.72. The largest absolute Gasteiger partial charge is 0.503 e. The number of methoxy groups -OCH3 is 1. The van der Waals surface area contributed by atoms with E-state index >= 15 is 0 Å². The van der Waals surface area contributed by atoms with E-state index in [1.807, 2.05) is 43.3 Å². The second kappa shape index (κ2) is 11.7. The van der Waals surface area contributed by atoms with Gasteiger partial charge in [-0.15, -0.1) is 0 Å². The number of Topliss-reactive ketones (excluding diaryl/α,β-unsaturated/α-hetero) is 1. The molecule has 0 spiro atoms. The van der Waals surface area contributed by atoms with E-state index in [4.69, 9.17) is 18.6 Å². The number of thiazole rings is 1. The van der Waals surface area contributed by atoms with Crippen molar-refractivity contribution in [2.24, 2.45) is 0 Å². The van der Waals surface area contributed by atoms with Gasteiger partial charge in [-0.25, -0.2) is 4.98 Å². The van der Waals surface area contributed by atoms with Gasteiger partial charge in [-0.1, -0.05) is 47.7 Å². The van der Waals surface area contributed by atoms with Gasteiger partial charge in [-0.2, -0.15) is 0 Å². The van der Waals surface area contributed by atoms with E-state index < -0.39 is 23.5 Å². The van der Waals surface area contributed by atoms with Crippen LogP contribution in [0.4, 0.5) is 5.13 Å². The van der Waals surface area contributed by atoms with Crippen molar-refractivity contribution in [1.82, 2.24) is 4.98 Å². The minimum absolute atomic E-state index is 0.0144. The number of nitrogens with zero attached hydrogens (tertiary/aromatic N) is 2. The number of fused-ring (bicyclic) bond motifs is 1. The number of benzene rings is 3. The molecule has 1 N–H and O–H groups in total. The Kier molecular flexibility index (Phi) is 7.60. The van der Waals surface area contributed by atoms with Crippen molar-refractivity contribution < 1.29 is 33.3 Å². The van der Waals surface area contributed by atoms with Crippen LogP contribution in [0.3, 0.4) is 0 Å². The lowest BCUT2D eigenvalue weighted by molar-refractivity contribution is -0.117. The molecule has 43 heavy (non-hydrogen) atoms. The van der Waals surface area contributed by atoms with Gasteiger partial charge >= 0.3 is 0 Å². The molecule has 1 aliphatic rings. The molecule has 9 nitrogen and oxygen atoms in total. The molecule has 1 aliphatic heterocycles. The molecule has 1 atom stereocenters. The van der Waals surface area contributed by atoms with Crippen molar-refractivity contribution >= 4 is 38.4 Å². The molecule has 1 amide bonds. The van der Waals surface area contributed by atoms with Gasteiger partial charge in [0.25, 0.3) is 5.91 Å². The smallest absolute Gasteiger partial charge is 0.296 e. The van der Waals surface area contributed by atoms with Crippen LogP contribution >= 0.6 is 11.3 Å². The highest BCUT2D eigenvalue weighted by atomic mass is 32.1.